The second-order valence-electron chi connectivity index (χ2n) is 1.56. The van der Waals surface area contributed by atoms with Crippen molar-refractivity contribution in [1.29, 1.82) is 0 Å². The summed E-state index contributed by atoms with van der Waals surface area (Å²) in [6.45, 7) is 6.62. The Labute approximate surface area is 54.8 Å². The minimum Gasteiger partial charge on any atom is -0.427 e. The van der Waals surface area contributed by atoms with Gasteiger partial charge < -0.3 is 4.74 Å². The molecule has 0 amide bonds. The van der Waals surface area contributed by atoms with E-state index in [1.165, 1.54) is 6.92 Å². The minimum absolute atomic E-state index is 0.335. The summed E-state index contributed by atoms with van der Waals surface area (Å²) in [4.78, 5) is 10.2. The third kappa shape index (κ3) is 4.81. The molecule has 0 aliphatic carbocycles. The second kappa shape index (κ2) is 3.89. The van der Waals surface area contributed by atoms with Crippen LogP contribution in [0.25, 0.3) is 0 Å². The Morgan fingerprint density at radius 3 is 2.56 bits per heavy atom. The maximum absolute atomic E-state index is 10.2. The van der Waals surface area contributed by atoms with Crippen LogP contribution in [0.2, 0.25) is 0 Å². The highest BCUT2D eigenvalue weighted by atomic mass is 16.5. The highest BCUT2D eigenvalue weighted by Crippen LogP contribution is 1.94. The van der Waals surface area contributed by atoms with Crippen molar-refractivity contribution in [2.75, 3.05) is 0 Å². The highest BCUT2D eigenvalue weighted by Gasteiger charge is 1.91. The first-order valence-electron chi connectivity index (χ1n) is 2.67. The normalized spacial score (nSPS) is 9.56. The Morgan fingerprint density at radius 1 is 1.67 bits per heavy atom. The van der Waals surface area contributed by atoms with Gasteiger partial charge in [0.15, 0.2) is 0 Å². The molecule has 0 atom stereocenters. The fourth-order valence-corrected chi connectivity index (χ4v) is 0.405. The van der Waals surface area contributed by atoms with E-state index in [1.807, 2.05) is 6.92 Å². The van der Waals surface area contributed by atoms with Crippen LogP contribution in [0.4, 0.5) is 0 Å². The van der Waals surface area contributed by atoms with E-state index in [9.17, 15) is 4.79 Å². The molecule has 0 saturated heterocycles. The lowest BCUT2D eigenvalue weighted by Crippen LogP contribution is -1.94. The molecular weight excluding hydrogens is 116 g/mol. The summed E-state index contributed by atoms with van der Waals surface area (Å²) >= 11 is 0. The number of esters is 1. The molecule has 2 nitrogen and oxygen atoms in total. The molecule has 0 aliphatic rings. The summed E-state index contributed by atoms with van der Waals surface area (Å²) in [6.07, 6.45) is 3.38. The van der Waals surface area contributed by atoms with E-state index in [4.69, 9.17) is 0 Å². The van der Waals surface area contributed by atoms with Crippen LogP contribution in [-0.2, 0) is 9.53 Å². The molecule has 0 saturated carbocycles. The van der Waals surface area contributed by atoms with Crippen molar-refractivity contribution in [3.05, 3.63) is 24.5 Å². The summed E-state index contributed by atoms with van der Waals surface area (Å²) < 4.78 is 4.57. The Kier molecular flexibility index (Phi) is 3.44. The molecule has 2 heteroatoms. The van der Waals surface area contributed by atoms with E-state index in [1.54, 1.807) is 12.2 Å². The summed E-state index contributed by atoms with van der Waals surface area (Å²) in [5.41, 5.74) is 0. The van der Waals surface area contributed by atoms with Gasteiger partial charge >= 0.3 is 5.97 Å². The number of hydrogen-bond donors (Lipinski definition) is 0. The van der Waals surface area contributed by atoms with Crippen LogP contribution in [-0.4, -0.2) is 5.97 Å². The molecular formula is C7H10O2. The molecule has 50 valence electrons. The van der Waals surface area contributed by atoms with Crippen molar-refractivity contribution < 1.29 is 9.53 Å². The van der Waals surface area contributed by atoms with Gasteiger partial charge in [0.1, 0.15) is 5.76 Å². The Hall–Kier alpha value is -1.05. The van der Waals surface area contributed by atoms with Crippen molar-refractivity contribution >= 4 is 5.97 Å². The average Bonchev–Trinajstić information content (AvgIpc) is 1.63. The van der Waals surface area contributed by atoms with Crippen LogP contribution < -0.4 is 0 Å². The van der Waals surface area contributed by atoms with Crippen LogP contribution in [0.15, 0.2) is 24.5 Å². The van der Waals surface area contributed by atoms with Gasteiger partial charge in [0.25, 0.3) is 0 Å². The van der Waals surface area contributed by atoms with E-state index in [0.29, 0.717) is 5.76 Å². The molecule has 0 fully saturated rings. The third-order valence-electron chi connectivity index (χ3n) is 0.627. The number of rotatable bonds is 2. The standard InChI is InChI=1S/C7H10O2/c1-4-5-6(2)9-7(3)8/h4-5H,2H2,1,3H3/b5-4+. The third-order valence-corrected chi connectivity index (χ3v) is 0.627. The van der Waals surface area contributed by atoms with Crippen molar-refractivity contribution in [1.82, 2.24) is 0 Å². The molecule has 0 rings (SSSR count). The van der Waals surface area contributed by atoms with Crippen LogP contribution in [0, 0.1) is 0 Å². The number of carbonyl (C=O) groups excluding carboxylic acids is 1. The monoisotopic (exact) mass is 126 g/mol. The van der Waals surface area contributed by atoms with Gasteiger partial charge in [0, 0.05) is 6.92 Å². The van der Waals surface area contributed by atoms with E-state index in [0.717, 1.165) is 0 Å². The van der Waals surface area contributed by atoms with Crippen LogP contribution in [0.3, 0.4) is 0 Å². The van der Waals surface area contributed by atoms with Crippen LogP contribution in [0.1, 0.15) is 13.8 Å². The number of carbonyl (C=O) groups is 1. The smallest absolute Gasteiger partial charge is 0.308 e. The molecule has 0 unspecified atom stereocenters. The van der Waals surface area contributed by atoms with Crippen molar-refractivity contribution in [2.45, 2.75) is 13.8 Å². The SMILES string of the molecule is C=C(/C=C/C)OC(C)=O. The fraction of sp³-hybridized carbons (Fsp3) is 0.286. The van der Waals surface area contributed by atoms with Gasteiger partial charge in [0.2, 0.25) is 0 Å². The van der Waals surface area contributed by atoms with E-state index >= 15 is 0 Å². The lowest BCUT2D eigenvalue weighted by atomic mass is 10.5. The molecule has 0 radical (unpaired) electrons. The van der Waals surface area contributed by atoms with Gasteiger partial charge in [-0.25, -0.2) is 0 Å². The highest BCUT2D eigenvalue weighted by molar-refractivity contribution is 5.67. The molecule has 0 aromatic rings. The number of hydrogen-bond acceptors (Lipinski definition) is 2. The predicted molar refractivity (Wildman–Crippen MR) is 35.7 cm³/mol. The first-order valence-corrected chi connectivity index (χ1v) is 2.67. The van der Waals surface area contributed by atoms with Gasteiger partial charge in [-0.3, -0.25) is 4.79 Å². The lowest BCUT2D eigenvalue weighted by molar-refractivity contribution is -0.136. The zero-order valence-corrected chi connectivity index (χ0v) is 5.68. The first kappa shape index (κ1) is 7.95. The maximum atomic E-state index is 10.2. The van der Waals surface area contributed by atoms with Crippen molar-refractivity contribution in [2.24, 2.45) is 0 Å². The van der Waals surface area contributed by atoms with E-state index in [2.05, 4.69) is 11.3 Å². The molecule has 0 aliphatic heterocycles. The summed E-state index contributed by atoms with van der Waals surface area (Å²) in [5, 5.41) is 0. The topological polar surface area (TPSA) is 26.3 Å². The Bertz CT molecular complexity index is 145. The molecule has 0 heterocycles. The van der Waals surface area contributed by atoms with Crippen LogP contribution >= 0.6 is 0 Å². The van der Waals surface area contributed by atoms with Gasteiger partial charge in [-0.05, 0) is 13.0 Å². The van der Waals surface area contributed by atoms with Gasteiger partial charge in [-0.1, -0.05) is 12.7 Å². The van der Waals surface area contributed by atoms with E-state index < -0.39 is 0 Å². The molecule has 0 N–H and O–H groups in total. The van der Waals surface area contributed by atoms with Crippen molar-refractivity contribution in [3.63, 3.8) is 0 Å². The zero-order chi connectivity index (χ0) is 7.28. The first-order chi connectivity index (χ1) is 4.16. The maximum Gasteiger partial charge on any atom is 0.308 e. The molecule has 0 bridgehead atoms. The second-order valence-corrected chi connectivity index (χ2v) is 1.56. The summed E-state index contributed by atoms with van der Waals surface area (Å²) in [7, 11) is 0. The molecule has 0 spiro atoms. The Balaban J connectivity index is 3.64. The minimum atomic E-state index is -0.335. The molecule has 0 aromatic carbocycles. The van der Waals surface area contributed by atoms with Crippen molar-refractivity contribution in [3.8, 4) is 0 Å². The largest absolute Gasteiger partial charge is 0.427 e. The average molecular weight is 126 g/mol. The van der Waals surface area contributed by atoms with Gasteiger partial charge in [-0.15, -0.1) is 0 Å². The van der Waals surface area contributed by atoms with Crippen LogP contribution in [0.5, 0.6) is 0 Å². The number of ether oxygens (including phenoxy) is 1. The summed E-state index contributed by atoms with van der Waals surface area (Å²) in [6, 6.07) is 0. The van der Waals surface area contributed by atoms with E-state index in [-0.39, 0.29) is 5.97 Å². The predicted octanol–water partition coefficient (Wildman–Crippen LogP) is 1.64. The van der Waals surface area contributed by atoms with Gasteiger partial charge in [-0.2, -0.15) is 0 Å². The Morgan fingerprint density at radius 2 is 2.22 bits per heavy atom. The van der Waals surface area contributed by atoms with Gasteiger partial charge in [0.05, 0.1) is 0 Å². The molecule has 0 aromatic heterocycles. The summed E-state index contributed by atoms with van der Waals surface area (Å²) in [5.74, 6) is 0.0445. The molecule has 9 heavy (non-hydrogen) atoms. The quantitative estimate of drug-likeness (QED) is 0.319. The fourth-order valence-electron chi connectivity index (χ4n) is 0.405. The lowest BCUT2D eigenvalue weighted by Gasteiger charge is -1.96. The zero-order valence-electron chi connectivity index (χ0n) is 5.68. The number of allylic oxidation sites excluding steroid dienone is 2.